The molecule has 9 heteroatoms. The molecule has 0 spiro atoms. The lowest BCUT2D eigenvalue weighted by molar-refractivity contribution is -0.120. The second-order valence-corrected chi connectivity index (χ2v) is 7.83. The van der Waals surface area contributed by atoms with Gasteiger partial charge in [0, 0.05) is 25.0 Å². The first kappa shape index (κ1) is 20.4. The number of fused-ring (bicyclic) bond motifs is 1. The van der Waals surface area contributed by atoms with Gasteiger partial charge in [0.25, 0.3) is 11.8 Å². The van der Waals surface area contributed by atoms with Crippen LogP contribution in [0.25, 0.3) is 11.3 Å². The van der Waals surface area contributed by atoms with Crippen LogP contribution in [0, 0.1) is 5.92 Å². The SMILES string of the molecule is CC(C)C[C@@H](C(=O)Nc1nccc(-c2cnn(C)c2)n1)N1C(=O)c2ccccc2C1=O. The fourth-order valence-corrected chi connectivity index (χ4v) is 3.59. The van der Waals surface area contributed by atoms with E-state index in [1.54, 1.807) is 54.5 Å². The Morgan fingerprint density at radius 3 is 2.35 bits per heavy atom. The van der Waals surface area contributed by atoms with Gasteiger partial charge < -0.3 is 0 Å². The standard InChI is InChI=1S/C22H22N6O3/c1-13(2)10-18(28-20(30)15-6-4-5-7-16(15)21(28)31)19(29)26-22-23-9-8-17(25-22)14-11-24-27(3)12-14/h4-9,11-13,18H,10H2,1-3H3,(H,23,25,26,29)/t18-/m0/s1. The predicted octanol–water partition coefficient (Wildman–Crippen LogP) is 2.53. The summed E-state index contributed by atoms with van der Waals surface area (Å²) in [6, 6.07) is 7.33. The third-order valence-corrected chi connectivity index (χ3v) is 5.03. The summed E-state index contributed by atoms with van der Waals surface area (Å²) < 4.78 is 1.65. The molecule has 31 heavy (non-hydrogen) atoms. The van der Waals surface area contributed by atoms with Gasteiger partial charge in [0.2, 0.25) is 11.9 Å². The molecule has 3 heterocycles. The maximum Gasteiger partial charge on any atom is 0.262 e. The topological polar surface area (TPSA) is 110 Å². The van der Waals surface area contributed by atoms with Crippen LogP contribution in [0.3, 0.4) is 0 Å². The molecule has 3 amide bonds. The van der Waals surface area contributed by atoms with Crippen LogP contribution in [0.4, 0.5) is 5.95 Å². The normalized spacial score (nSPS) is 14.1. The van der Waals surface area contributed by atoms with E-state index in [1.165, 1.54) is 6.20 Å². The summed E-state index contributed by atoms with van der Waals surface area (Å²) in [5, 5.41) is 6.80. The number of carbonyl (C=O) groups is 3. The Kier molecular flexibility index (Phi) is 5.33. The van der Waals surface area contributed by atoms with Crippen molar-refractivity contribution in [3.8, 4) is 11.3 Å². The van der Waals surface area contributed by atoms with Crippen LogP contribution in [0.15, 0.2) is 48.9 Å². The number of anilines is 1. The Bertz CT molecular complexity index is 1130. The number of benzene rings is 1. The molecule has 1 aliphatic rings. The molecule has 0 unspecified atom stereocenters. The zero-order chi connectivity index (χ0) is 22.1. The van der Waals surface area contributed by atoms with Crippen LogP contribution in [0.2, 0.25) is 0 Å². The maximum atomic E-state index is 13.2. The molecule has 1 N–H and O–H groups in total. The van der Waals surface area contributed by atoms with E-state index in [0.717, 1.165) is 10.5 Å². The van der Waals surface area contributed by atoms with Gasteiger partial charge in [-0.25, -0.2) is 9.97 Å². The van der Waals surface area contributed by atoms with E-state index < -0.39 is 23.8 Å². The fraction of sp³-hybridized carbons (Fsp3) is 0.273. The Morgan fingerprint density at radius 1 is 1.10 bits per heavy atom. The molecule has 0 fully saturated rings. The summed E-state index contributed by atoms with van der Waals surface area (Å²) in [7, 11) is 1.80. The number of amides is 3. The van der Waals surface area contributed by atoms with E-state index in [9.17, 15) is 14.4 Å². The molecule has 158 valence electrons. The van der Waals surface area contributed by atoms with Crippen LogP contribution < -0.4 is 5.32 Å². The molecule has 4 rings (SSSR count). The highest BCUT2D eigenvalue weighted by Crippen LogP contribution is 2.27. The molecular formula is C22H22N6O3. The lowest BCUT2D eigenvalue weighted by Gasteiger charge is -2.26. The van der Waals surface area contributed by atoms with Crippen LogP contribution in [0.5, 0.6) is 0 Å². The summed E-state index contributed by atoms with van der Waals surface area (Å²) in [4.78, 5) is 48.5. The highest BCUT2D eigenvalue weighted by Gasteiger charge is 2.42. The zero-order valence-corrected chi connectivity index (χ0v) is 17.4. The smallest absolute Gasteiger partial charge is 0.262 e. The summed E-state index contributed by atoms with van der Waals surface area (Å²) in [6.07, 6.45) is 5.31. The van der Waals surface area contributed by atoms with E-state index in [-0.39, 0.29) is 11.9 Å². The van der Waals surface area contributed by atoms with E-state index in [4.69, 9.17) is 0 Å². The molecule has 0 bridgehead atoms. The van der Waals surface area contributed by atoms with E-state index >= 15 is 0 Å². The quantitative estimate of drug-likeness (QED) is 0.616. The summed E-state index contributed by atoms with van der Waals surface area (Å²) in [6.45, 7) is 3.86. The summed E-state index contributed by atoms with van der Waals surface area (Å²) in [5.41, 5.74) is 1.99. The third kappa shape index (κ3) is 3.94. The number of hydrogen-bond donors (Lipinski definition) is 1. The molecule has 0 saturated carbocycles. The van der Waals surface area contributed by atoms with Crippen LogP contribution in [-0.2, 0) is 11.8 Å². The lowest BCUT2D eigenvalue weighted by Crippen LogP contribution is -2.48. The van der Waals surface area contributed by atoms with Crippen LogP contribution >= 0.6 is 0 Å². The van der Waals surface area contributed by atoms with Gasteiger partial charge in [0.1, 0.15) is 6.04 Å². The van der Waals surface area contributed by atoms with Crippen molar-refractivity contribution in [2.75, 3.05) is 5.32 Å². The molecule has 1 atom stereocenters. The first-order valence-corrected chi connectivity index (χ1v) is 9.95. The minimum absolute atomic E-state index is 0.0720. The monoisotopic (exact) mass is 418 g/mol. The number of rotatable bonds is 6. The molecule has 1 aromatic carbocycles. The van der Waals surface area contributed by atoms with Gasteiger partial charge in [-0.2, -0.15) is 5.10 Å². The second-order valence-electron chi connectivity index (χ2n) is 7.83. The van der Waals surface area contributed by atoms with Crippen molar-refractivity contribution < 1.29 is 14.4 Å². The fourth-order valence-electron chi connectivity index (χ4n) is 3.59. The molecule has 3 aromatic rings. The van der Waals surface area contributed by atoms with Crippen molar-refractivity contribution in [2.45, 2.75) is 26.3 Å². The largest absolute Gasteiger partial charge is 0.293 e. The zero-order valence-electron chi connectivity index (χ0n) is 17.4. The van der Waals surface area contributed by atoms with Gasteiger partial charge >= 0.3 is 0 Å². The average molecular weight is 418 g/mol. The Balaban J connectivity index is 1.60. The molecule has 1 aliphatic heterocycles. The van der Waals surface area contributed by atoms with Gasteiger partial charge in [-0.3, -0.25) is 29.3 Å². The minimum atomic E-state index is -0.974. The predicted molar refractivity (Wildman–Crippen MR) is 113 cm³/mol. The van der Waals surface area contributed by atoms with Gasteiger partial charge in [-0.1, -0.05) is 26.0 Å². The molecule has 0 saturated heterocycles. The number of imide groups is 1. The van der Waals surface area contributed by atoms with E-state index in [2.05, 4.69) is 20.4 Å². The van der Waals surface area contributed by atoms with E-state index in [0.29, 0.717) is 23.2 Å². The first-order chi connectivity index (χ1) is 14.8. The van der Waals surface area contributed by atoms with Crippen molar-refractivity contribution in [1.29, 1.82) is 0 Å². The molecule has 2 aromatic heterocycles. The van der Waals surface area contributed by atoms with Crippen molar-refractivity contribution in [1.82, 2.24) is 24.6 Å². The van der Waals surface area contributed by atoms with Crippen LogP contribution in [0.1, 0.15) is 41.0 Å². The molecule has 0 radical (unpaired) electrons. The number of carbonyl (C=O) groups excluding carboxylic acids is 3. The van der Waals surface area contributed by atoms with Crippen LogP contribution in [-0.4, -0.2) is 48.4 Å². The molecular weight excluding hydrogens is 396 g/mol. The Hall–Kier alpha value is -3.88. The first-order valence-electron chi connectivity index (χ1n) is 9.95. The van der Waals surface area contributed by atoms with Crippen molar-refractivity contribution >= 4 is 23.7 Å². The van der Waals surface area contributed by atoms with Gasteiger partial charge in [0.15, 0.2) is 0 Å². The van der Waals surface area contributed by atoms with Gasteiger partial charge in [-0.15, -0.1) is 0 Å². The summed E-state index contributed by atoms with van der Waals surface area (Å²) >= 11 is 0. The number of aryl methyl sites for hydroxylation is 1. The Morgan fingerprint density at radius 2 is 1.77 bits per heavy atom. The van der Waals surface area contributed by atoms with Gasteiger partial charge in [0.05, 0.1) is 23.0 Å². The third-order valence-electron chi connectivity index (χ3n) is 5.03. The number of hydrogen-bond acceptors (Lipinski definition) is 6. The summed E-state index contributed by atoms with van der Waals surface area (Å²) in [5.74, 6) is -1.27. The minimum Gasteiger partial charge on any atom is -0.293 e. The average Bonchev–Trinajstić information content (AvgIpc) is 3.28. The van der Waals surface area contributed by atoms with Crippen molar-refractivity contribution in [3.63, 3.8) is 0 Å². The lowest BCUT2D eigenvalue weighted by atomic mass is 10.0. The maximum absolute atomic E-state index is 13.2. The Labute approximate surface area is 179 Å². The van der Waals surface area contributed by atoms with E-state index in [1.807, 2.05) is 13.8 Å². The highest BCUT2D eigenvalue weighted by atomic mass is 16.2. The van der Waals surface area contributed by atoms with Crippen molar-refractivity contribution in [2.24, 2.45) is 13.0 Å². The molecule has 0 aliphatic carbocycles. The molecule has 9 nitrogen and oxygen atoms in total. The highest BCUT2D eigenvalue weighted by molar-refractivity contribution is 6.23. The number of aromatic nitrogens is 4. The van der Waals surface area contributed by atoms with Gasteiger partial charge in [-0.05, 0) is 30.5 Å². The van der Waals surface area contributed by atoms with Crippen molar-refractivity contribution in [3.05, 3.63) is 60.0 Å². The second kappa shape index (κ2) is 8.10. The number of nitrogens with one attached hydrogen (secondary N) is 1. The number of nitrogens with zero attached hydrogens (tertiary/aromatic N) is 5.